The van der Waals surface area contributed by atoms with Crippen LogP contribution in [0.3, 0.4) is 0 Å². The number of amides is 1. The molecule has 0 fully saturated rings. The van der Waals surface area contributed by atoms with Crippen molar-refractivity contribution in [3.63, 3.8) is 0 Å². The van der Waals surface area contributed by atoms with Gasteiger partial charge >= 0.3 is 6.09 Å². The highest BCUT2D eigenvalue weighted by Gasteiger charge is 2.07. The SMILES string of the molecule is CC(c1cccc(CCCOC(N)=O)c1)N(C)C. The summed E-state index contributed by atoms with van der Waals surface area (Å²) in [6.07, 6.45) is 0.981. The molecule has 2 N–H and O–H groups in total. The number of ether oxygens (including phenoxy) is 1. The third-order valence-electron chi connectivity index (χ3n) is 3.06. The molecule has 1 aromatic rings. The van der Waals surface area contributed by atoms with E-state index in [0.717, 1.165) is 12.8 Å². The molecule has 1 amide bonds. The van der Waals surface area contributed by atoms with Crippen molar-refractivity contribution in [3.05, 3.63) is 35.4 Å². The van der Waals surface area contributed by atoms with Crippen LogP contribution in [0, 0.1) is 0 Å². The number of nitrogens with two attached hydrogens (primary N) is 1. The standard InChI is InChI=1S/C14H22N2O2/c1-11(16(2)3)13-8-4-6-12(10-13)7-5-9-18-14(15)17/h4,6,8,10-11H,5,7,9H2,1-3H3,(H2,15,17). The Hall–Kier alpha value is -1.55. The molecular weight excluding hydrogens is 228 g/mol. The van der Waals surface area contributed by atoms with Gasteiger partial charge < -0.3 is 15.4 Å². The van der Waals surface area contributed by atoms with E-state index in [-0.39, 0.29) is 0 Å². The van der Waals surface area contributed by atoms with E-state index in [2.05, 4.69) is 50.2 Å². The lowest BCUT2D eigenvalue weighted by atomic mass is 10.0. The van der Waals surface area contributed by atoms with E-state index >= 15 is 0 Å². The van der Waals surface area contributed by atoms with Gasteiger partial charge in [0, 0.05) is 6.04 Å². The van der Waals surface area contributed by atoms with Crippen molar-refractivity contribution in [3.8, 4) is 0 Å². The minimum atomic E-state index is -0.704. The highest BCUT2D eigenvalue weighted by molar-refractivity contribution is 5.64. The number of nitrogens with zero attached hydrogens (tertiary/aromatic N) is 1. The summed E-state index contributed by atoms with van der Waals surface area (Å²) in [4.78, 5) is 12.6. The predicted octanol–water partition coefficient (Wildman–Crippen LogP) is 2.34. The molecule has 18 heavy (non-hydrogen) atoms. The van der Waals surface area contributed by atoms with Crippen LogP contribution in [0.15, 0.2) is 24.3 Å². The van der Waals surface area contributed by atoms with Crippen molar-refractivity contribution >= 4 is 6.09 Å². The van der Waals surface area contributed by atoms with Gasteiger partial charge in [-0.2, -0.15) is 0 Å². The summed E-state index contributed by atoms with van der Waals surface area (Å²) in [5, 5.41) is 0. The summed E-state index contributed by atoms with van der Waals surface area (Å²) in [6.45, 7) is 2.55. The zero-order valence-corrected chi connectivity index (χ0v) is 11.3. The Morgan fingerprint density at radius 1 is 1.44 bits per heavy atom. The first-order valence-corrected chi connectivity index (χ1v) is 6.18. The van der Waals surface area contributed by atoms with E-state index < -0.39 is 6.09 Å². The summed E-state index contributed by atoms with van der Waals surface area (Å²) >= 11 is 0. The van der Waals surface area contributed by atoms with Gasteiger partial charge in [-0.05, 0) is 45.0 Å². The highest BCUT2D eigenvalue weighted by atomic mass is 16.5. The molecule has 4 nitrogen and oxygen atoms in total. The molecule has 0 spiro atoms. The third-order valence-corrected chi connectivity index (χ3v) is 3.06. The summed E-state index contributed by atoms with van der Waals surface area (Å²) in [5.74, 6) is 0. The maximum atomic E-state index is 10.4. The fourth-order valence-electron chi connectivity index (χ4n) is 1.76. The Balaban J connectivity index is 2.52. The molecule has 0 saturated heterocycles. The molecule has 1 atom stereocenters. The number of aryl methyl sites for hydroxylation is 1. The summed E-state index contributed by atoms with van der Waals surface area (Å²) in [6, 6.07) is 8.89. The van der Waals surface area contributed by atoms with Crippen LogP contribution in [-0.4, -0.2) is 31.7 Å². The number of carbonyl (C=O) groups is 1. The van der Waals surface area contributed by atoms with Gasteiger partial charge in [0.25, 0.3) is 0 Å². The Morgan fingerprint density at radius 3 is 2.78 bits per heavy atom. The summed E-state index contributed by atoms with van der Waals surface area (Å²) in [5.41, 5.74) is 7.46. The van der Waals surface area contributed by atoms with Crippen LogP contribution in [0.1, 0.15) is 30.5 Å². The maximum Gasteiger partial charge on any atom is 0.404 e. The number of rotatable bonds is 6. The average molecular weight is 250 g/mol. The van der Waals surface area contributed by atoms with Crippen LogP contribution in [0.2, 0.25) is 0 Å². The Morgan fingerprint density at radius 2 is 2.17 bits per heavy atom. The second kappa shape index (κ2) is 7.01. The van der Waals surface area contributed by atoms with Crippen LogP contribution in [0.25, 0.3) is 0 Å². The molecular formula is C14H22N2O2. The van der Waals surface area contributed by atoms with Crippen molar-refractivity contribution in [1.82, 2.24) is 4.90 Å². The largest absolute Gasteiger partial charge is 0.450 e. The average Bonchev–Trinajstić information content (AvgIpc) is 2.33. The van der Waals surface area contributed by atoms with E-state index in [4.69, 9.17) is 10.5 Å². The van der Waals surface area contributed by atoms with Crippen molar-refractivity contribution in [1.29, 1.82) is 0 Å². The Kier molecular flexibility index (Phi) is 5.65. The first kappa shape index (κ1) is 14.5. The van der Waals surface area contributed by atoms with E-state index in [1.807, 2.05) is 0 Å². The lowest BCUT2D eigenvalue weighted by molar-refractivity contribution is 0.155. The molecule has 0 aromatic heterocycles. The smallest absolute Gasteiger partial charge is 0.404 e. The van der Waals surface area contributed by atoms with Crippen LogP contribution < -0.4 is 5.73 Å². The van der Waals surface area contributed by atoms with Crippen molar-refractivity contribution in [2.75, 3.05) is 20.7 Å². The zero-order chi connectivity index (χ0) is 13.5. The highest BCUT2D eigenvalue weighted by Crippen LogP contribution is 2.18. The topological polar surface area (TPSA) is 55.6 Å². The lowest BCUT2D eigenvalue weighted by Gasteiger charge is -2.20. The van der Waals surface area contributed by atoms with Gasteiger partial charge in [0.1, 0.15) is 0 Å². The fraction of sp³-hybridized carbons (Fsp3) is 0.500. The third kappa shape index (κ3) is 4.75. The molecule has 4 heteroatoms. The first-order chi connectivity index (χ1) is 8.50. The molecule has 0 aliphatic heterocycles. The zero-order valence-electron chi connectivity index (χ0n) is 11.3. The molecule has 0 aliphatic rings. The van der Waals surface area contributed by atoms with Gasteiger partial charge in [-0.1, -0.05) is 24.3 Å². The van der Waals surface area contributed by atoms with Gasteiger partial charge in [-0.25, -0.2) is 4.79 Å². The fourth-order valence-corrected chi connectivity index (χ4v) is 1.76. The Bertz CT molecular complexity index is 391. The lowest BCUT2D eigenvalue weighted by Crippen LogP contribution is -2.16. The molecule has 1 unspecified atom stereocenters. The van der Waals surface area contributed by atoms with E-state index in [1.54, 1.807) is 0 Å². The van der Waals surface area contributed by atoms with Gasteiger partial charge in [-0.15, -0.1) is 0 Å². The minimum Gasteiger partial charge on any atom is -0.450 e. The van der Waals surface area contributed by atoms with Crippen molar-refractivity contribution in [2.45, 2.75) is 25.8 Å². The van der Waals surface area contributed by atoms with Crippen LogP contribution in [-0.2, 0) is 11.2 Å². The van der Waals surface area contributed by atoms with Crippen LogP contribution in [0.4, 0.5) is 4.79 Å². The van der Waals surface area contributed by atoms with Gasteiger partial charge in [-0.3, -0.25) is 0 Å². The maximum absolute atomic E-state index is 10.4. The van der Waals surface area contributed by atoms with Crippen LogP contribution in [0.5, 0.6) is 0 Å². The van der Waals surface area contributed by atoms with E-state index in [1.165, 1.54) is 11.1 Å². The normalized spacial score (nSPS) is 12.4. The Labute approximate surface area is 109 Å². The molecule has 0 aliphatic carbocycles. The van der Waals surface area contributed by atoms with E-state index in [9.17, 15) is 4.79 Å². The second-order valence-corrected chi connectivity index (χ2v) is 4.66. The van der Waals surface area contributed by atoms with Gasteiger partial charge in [0.2, 0.25) is 0 Å². The molecule has 1 rings (SSSR count). The molecule has 1 aromatic carbocycles. The summed E-state index contributed by atoms with van der Waals surface area (Å²) in [7, 11) is 4.13. The van der Waals surface area contributed by atoms with Crippen molar-refractivity contribution in [2.24, 2.45) is 5.73 Å². The number of hydrogen-bond donors (Lipinski definition) is 1. The summed E-state index contributed by atoms with van der Waals surface area (Å²) < 4.78 is 4.71. The number of carbonyl (C=O) groups excluding carboxylic acids is 1. The van der Waals surface area contributed by atoms with Crippen molar-refractivity contribution < 1.29 is 9.53 Å². The number of hydrogen-bond acceptors (Lipinski definition) is 3. The van der Waals surface area contributed by atoms with Crippen LogP contribution >= 0.6 is 0 Å². The molecule has 0 saturated carbocycles. The molecule has 0 heterocycles. The quantitative estimate of drug-likeness (QED) is 0.788. The van der Waals surface area contributed by atoms with Gasteiger partial charge in [0.05, 0.1) is 6.61 Å². The molecule has 0 bridgehead atoms. The second-order valence-electron chi connectivity index (χ2n) is 4.66. The molecule has 100 valence electrons. The minimum absolute atomic E-state index is 0.378. The van der Waals surface area contributed by atoms with Gasteiger partial charge in [0.15, 0.2) is 0 Å². The number of benzene rings is 1. The molecule has 0 radical (unpaired) electrons. The van der Waals surface area contributed by atoms with E-state index in [0.29, 0.717) is 12.6 Å². The number of primary amides is 1. The predicted molar refractivity (Wildman–Crippen MR) is 72.4 cm³/mol. The first-order valence-electron chi connectivity index (χ1n) is 6.18. The monoisotopic (exact) mass is 250 g/mol.